The highest BCUT2D eigenvalue weighted by molar-refractivity contribution is 9.10. The minimum absolute atomic E-state index is 0.0406. The summed E-state index contributed by atoms with van der Waals surface area (Å²) in [4.78, 5) is 143. The second kappa shape index (κ2) is 36.7. The van der Waals surface area contributed by atoms with Gasteiger partial charge in [-0.2, -0.15) is 10.2 Å². The number of likely N-dealkylation sites (tertiary alicyclic amines) is 3. The van der Waals surface area contributed by atoms with Crippen LogP contribution in [0.5, 0.6) is 0 Å². The molecular formula is C96H83BrClF4N17O9. The molecule has 1 saturated carbocycles. The van der Waals surface area contributed by atoms with Gasteiger partial charge < -0.3 is 50.1 Å². The predicted molar refractivity (Wildman–Crippen MR) is 480 cm³/mol. The number of benzene rings is 7. The lowest BCUT2D eigenvalue weighted by atomic mass is 9.99. The number of ketones is 2. The molecule has 4 fully saturated rings. The van der Waals surface area contributed by atoms with Crippen LogP contribution in [0.1, 0.15) is 93.5 Å². The van der Waals surface area contributed by atoms with E-state index in [9.17, 15) is 51.9 Å². The molecule has 7 amide bonds. The summed E-state index contributed by atoms with van der Waals surface area (Å²) in [7, 11) is 0. The molecule has 14 aromatic rings. The SMILES string of the molecule is CC(=O)c1cn(CC(=O)N2C(C(=O)Nc3cccc(Br)n3)C[C@H]3C[C@H]32)c2ccc(-c3cnc(C)nc3)cc12.CC(=O)c1cn(CC(=O)N2C[C@H](F)CC2C(=O)Nc2cccc(-c3ccccc3Cl)c2F)c2ccc(-c3cnnc(C)c3)cc12.Cc1ncc(-c2ccc3c(c2)c(C(N)=O)cn3CC(=O)N2C[C@H](F)CC2C(=O)Nc2cccc(-c3ccccc3C)c2F)cn1. The van der Waals surface area contributed by atoms with Gasteiger partial charge in [0.2, 0.25) is 35.4 Å². The highest BCUT2D eigenvalue weighted by Crippen LogP contribution is 2.49. The third-order valence-corrected chi connectivity index (χ3v) is 24.2. The highest BCUT2D eigenvalue weighted by atomic mass is 79.9. The number of piperidine rings is 1. The Bertz CT molecular complexity index is 6810. The molecule has 5 N–H and O–H groups in total. The van der Waals surface area contributed by atoms with Crippen molar-refractivity contribution in [3.05, 3.63) is 274 Å². The van der Waals surface area contributed by atoms with Gasteiger partial charge in [-0.15, -0.1) is 0 Å². The molecule has 3 unspecified atom stereocenters. The largest absolute Gasteiger partial charge is 0.366 e. The molecule has 3 aliphatic heterocycles. The Balaban J connectivity index is 0.000000142. The number of fused-ring (bicyclic) bond motifs is 4. The molecule has 26 nitrogen and oxygen atoms in total. The van der Waals surface area contributed by atoms with E-state index in [2.05, 4.69) is 67.0 Å². The summed E-state index contributed by atoms with van der Waals surface area (Å²) < 4.78 is 66.1. The predicted octanol–water partition coefficient (Wildman–Crippen LogP) is 16.2. The van der Waals surface area contributed by atoms with Crippen LogP contribution in [0.3, 0.4) is 0 Å². The van der Waals surface area contributed by atoms with Gasteiger partial charge in [0.25, 0.3) is 5.91 Å². The maximum atomic E-state index is 15.6. The van der Waals surface area contributed by atoms with Gasteiger partial charge >= 0.3 is 0 Å². The van der Waals surface area contributed by atoms with Gasteiger partial charge in [0.15, 0.2) is 23.2 Å². The molecule has 7 aromatic carbocycles. The summed E-state index contributed by atoms with van der Waals surface area (Å²) in [5.74, 6) is -2.98. The Morgan fingerprint density at radius 2 is 0.914 bits per heavy atom. The number of anilines is 3. The van der Waals surface area contributed by atoms with Gasteiger partial charge in [-0.05, 0) is 177 Å². The second-order valence-electron chi connectivity index (χ2n) is 32.2. The van der Waals surface area contributed by atoms with Gasteiger partial charge in [0, 0.05) is 145 Å². The molecule has 0 bridgehead atoms. The van der Waals surface area contributed by atoms with Crippen LogP contribution < -0.4 is 21.7 Å². The number of carbonyl (C=O) groups excluding carboxylic acids is 9. The number of hydrogen-bond acceptors (Lipinski definition) is 16. The molecule has 0 spiro atoms. The molecule has 1 aliphatic carbocycles. The summed E-state index contributed by atoms with van der Waals surface area (Å²) in [5, 5.41) is 18.3. The van der Waals surface area contributed by atoms with Crippen LogP contribution in [0.15, 0.2) is 218 Å². The fourth-order valence-electron chi connectivity index (χ4n) is 17.0. The fraction of sp³-hybridized carbons (Fsp3) is 0.229. The van der Waals surface area contributed by atoms with Crippen molar-refractivity contribution in [2.75, 3.05) is 29.0 Å². The lowest BCUT2D eigenvalue weighted by Crippen LogP contribution is -2.46. The maximum absolute atomic E-state index is 15.6. The maximum Gasteiger partial charge on any atom is 0.250 e. The lowest BCUT2D eigenvalue weighted by Gasteiger charge is -2.27. The molecule has 18 rings (SSSR count). The van der Waals surface area contributed by atoms with E-state index in [0.717, 1.165) is 66.9 Å². The Labute approximate surface area is 744 Å². The smallest absolute Gasteiger partial charge is 0.250 e. The number of amides is 7. The van der Waals surface area contributed by atoms with E-state index in [4.69, 9.17) is 17.3 Å². The molecular weight excluding hydrogens is 1730 g/mol. The van der Waals surface area contributed by atoms with Crippen molar-refractivity contribution in [3.8, 4) is 55.6 Å². The molecule has 7 aromatic heterocycles. The standard InChI is InChI=1S/C34H28ClF2N5O3.C34H30F2N6O3.C28H25BrN6O3/c1-19-12-22(15-38-40-19)21-10-11-30-26(13-21)27(20(2)43)17-41(30)18-32(44)42-16-23(36)14-31(42)34(45)39-29-9-5-7-25(33(29)37)24-6-3-4-8-28(24)35;1-19-6-3-4-7-24(19)25-8-5-9-28(32(25)36)40-34(45)30-13-23(35)16-42(30)31(43)18-41-17-27(33(37)44)26-12-21(10-11-29(26)41)22-14-38-20(2)39-15-22;1-15(36)21-13-34(22-7-6-17(8-20(21)22)19-11-30-16(2)31-12-19)14-27(37)35-23-9-18(23)10-24(35)28(38)33-26-5-3-4-25(29)32-26/h3-13,15,17,23,31H,14,16,18H2,1-2H3,(H,39,45);3-12,14-15,17,23,30H,13,16,18H2,1-2H3,(H2,37,44)(H,40,45);3-8,11-13,18,23-24H,9-10,14H2,1-2H3,(H,32,33,38)/t23-,31?;23-,30?;18-,23-,24?/m111/s1. The van der Waals surface area contributed by atoms with Crippen molar-refractivity contribution in [1.29, 1.82) is 0 Å². The van der Waals surface area contributed by atoms with Crippen molar-refractivity contribution < 1.29 is 60.7 Å². The van der Waals surface area contributed by atoms with E-state index in [1.54, 1.807) is 161 Å². The normalized spacial score (nSPS) is 17.3. The molecule has 648 valence electrons. The summed E-state index contributed by atoms with van der Waals surface area (Å²) >= 11 is 9.58. The van der Waals surface area contributed by atoms with E-state index in [1.165, 1.54) is 37.1 Å². The average Bonchev–Trinajstić information content (AvgIpc) is 1.58. The van der Waals surface area contributed by atoms with Crippen molar-refractivity contribution in [2.45, 2.75) is 123 Å². The molecule has 7 atom stereocenters. The first kappa shape index (κ1) is 87.2. The van der Waals surface area contributed by atoms with Gasteiger partial charge in [-0.3, -0.25) is 43.2 Å². The van der Waals surface area contributed by atoms with Crippen molar-refractivity contribution >= 4 is 130 Å². The minimum atomic E-state index is -1.44. The lowest BCUT2D eigenvalue weighted by molar-refractivity contribution is -0.138. The number of nitrogens with two attached hydrogens (primary N) is 1. The summed E-state index contributed by atoms with van der Waals surface area (Å²) in [6, 6.07) is 44.3. The zero-order valence-corrected chi connectivity index (χ0v) is 72.3. The number of pyridine rings is 1. The number of alkyl halides is 2. The number of primary amides is 1. The van der Waals surface area contributed by atoms with Gasteiger partial charge in [0.1, 0.15) is 72.2 Å². The minimum Gasteiger partial charge on any atom is -0.366 e. The number of aryl methyl sites for hydroxylation is 4. The van der Waals surface area contributed by atoms with Crippen LogP contribution in [0.25, 0.3) is 88.3 Å². The topological polar surface area (TPSA) is 330 Å². The number of aromatic nitrogens is 10. The van der Waals surface area contributed by atoms with Crippen molar-refractivity contribution in [1.82, 2.24) is 63.5 Å². The quantitative estimate of drug-likeness (QED) is 0.0313. The van der Waals surface area contributed by atoms with Crippen LogP contribution in [-0.2, 0) is 48.4 Å². The fourth-order valence-corrected chi connectivity index (χ4v) is 17.6. The summed E-state index contributed by atoms with van der Waals surface area (Å²) in [6.07, 6.45) is 11.5. The number of nitrogens with one attached hydrogen (secondary N) is 3. The molecule has 4 aliphatic rings. The first-order valence-corrected chi connectivity index (χ1v) is 42.4. The van der Waals surface area contributed by atoms with E-state index < -0.39 is 71.6 Å². The van der Waals surface area contributed by atoms with Crippen LogP contribution >= 0.6 is 27.5 Å². The molecule has 10 heterocycles. The average molecular weight is 1810 g/mol. The number of carbonyl (C=O) groups is 9. The third kappa shape index (κ3) is 18.4. The van der Waals surface area contributed by atoms with Gasteiger partial charge in [0.05, 0.1) is 41.9 Å². The van der Waals surface area contributed by atoms with E-state index in [-0.39, 0.29) is 97.5 Å². The number of hydrogen-bond donors (Lipinski definition) is 4. The summed E-state index contributed by atoms with van der Waals surface area (Å²) in [5.41, 5.74) is 16.8. The zero-order valence-electron chi connectivity index (χ0n) is 69.9. The Morgan fingerprint density at radius 1 is 0.469 bits per heavy atom. The number of rotatable bonds is 20. The van der Waals surface area contributed by atoms with Crippen LogP contribution in [-0.4, -0.2) is 166 Å². The Kier molecular flexibility index (Phi) is 25.0. The number of Topliss-reactive ketones (excluding diaryl/α,β-unsaturated/α-hetero) is 2. The van der Waals surface area contributed by atoms with E-state index >= 15 is 8.78 Å². The van der Waals surface area contributed by atoms with Crippen LogP contribution in [0, 0.1) is 45.2 Å². The first-order chi connectivity index (χ1) is 61.5. The van der Waals surface area contributed by atoms with Crippen LogP contribution in [0.4, 0.5) is 34.8 Å². The monoisotopic (exact) mass is 1810 g/mol. The molecule has 128 heavy (non-hydrogen) atoms. The first-order valence-electron chi connectivity index (χ1n) is 41.2. The van der Waals surface area contributed by atoms with Crippen LogP contribution in [0.2, 0.25) is 5.02 Å². The third-order valence-electron chi connectivity index (χ3n) is 23.4. The second-order valence-corrected chi connectivity index (χ2v) is 33.4. The molecule has 3 saturated heterocycles. The summed E-state index contributed by atoms with van der Waals surface area (Å²) in [6.45, 7) is 9.23. The van der Waals surface area contributed by atoms with Gasteiger partial charge in [-0.25, -0.2) is 42.5 Å². The Morgan fingerprint density at radius 3 is 1.40 bits per heavy atom. The van der Waals surface area contributed by atoms with Crippen molar-refractivity contribution in [3.63, 3.8) is 0 Å². The zero-order chi connectivity index (χ0) is 90.2. The van der Waals surface area contributed by atoms with E-state index in [0.29, 0.717) is 89.1 Å². The van der Waals surface area contributed by atoms with Gasteiger partial charge in [-0.1, -0.05) is 103 Å². The highest BCUT2D eigenvalue weighted by Gasteiger charge is 2.56. The van der Waals surface area contributed by atoms with Crippen molar-refractivity contribution in [2.24, 2.45) is 11.7 Å². The Hall–Kier alpha value is -14.3. The number of halogens is 6. The number of nitrogens with zero attached hydrogens (tertiary/aromatic N) is 13. The molecule has 32 heteroatoms. The van der Waals surface area contributed by atoms with E-state index in [1.807, 2.05) is 79.9 Å². The molecule has 0 radical (unpaired) electrons.